The predicted molar refractivity (Wildman–Crippen MR) is 87.2 cm³/mol. The Kier molecular flexibility index (Phi) is 5.68. The van der Waals surface area contributed by atoms with Crippen LogP contribution in [0.5, 0.6) is 11.5 Å². The van der Waals surface area contributed by atoms with Gasteiger partial charge in [0.25, 0.3) is 0 Å². The van der Waals surface area contributed by atoms with E-state index in [1.54, 1.807) is 0 Å². The molecule has 0 bridgehead atoms. The maximum absolute atomic E-state index is 5.52. The largest absolute Gasteiger partial charge is 0.491 e. The highest BCUT2D eigenvalue weighted by Crippen LogP contribution is 2.20. The second-order valence-corrected chi connectivity index (χ2v) is 6.45. The van der Waals surface area contributed by atoms with Crippen molar-refractivity contribution in [1.29, 1.82) is 0 Å². The van der Waals surface area contributed by atoms with Gasteiger partial charge in [-0.3, -0.25) is 0 Å². The minimum Gasteiger partial charge on any atom is -0.491 e. The van der Waals surface area contributed by atoms with Gasteiger partial charge in [-0.05, 0) is 24.3 Å². The van der Waals surface area contributed by atoms with E-state index in [0.717, 1.165) is 51.1 Å². The molecule has 0 aromatic heterocycles. The molecular formula is C18H24O7. The number of rotatable bonds is 10. The normalized spacial score (nSPS) is 30.7. The first kappa shape index (κ1) is 17.1. The molecule has 0 N–H and O–H groups in total. The standard InChI is InChI=1S/C12H14O4.C6H10O3/c1-2-10(14-6-12-8-16-12)4-3-9(1)13-5-11-7-15-11;1(5-3-8-5)7-2-6-4-9-6/h1-4,11-12H,5-8H2;5-6H,1-4H2. The number of epoxide rings is 4. The molecule has 0 aliphatic carbocycles. The molecule has 1 aromatic carbocycles. The van der Waals surface area contributed by atoms with E-state index < -0.39 is 0 Å². The third kappa shape index (κ3) is 7.17. The molecule has 4 unspecified atom stereocenters. The molecule has 4 aliphatic heterocycles. The first-order chi connectivity index (χ1) is 12.3. The molecule has 25 heavy (non-hydrogen) atoms. The molecule has 4 aliphatic rings. The summed E-state index contributed by atoms with van der Waals surface area (Å²) in [7, 11) is 0. The van der Waals surface area contributed by atoms with Crippen molar-refractivity contribution in [3.8, 4) is 11.5 Å². The Morgan fingerprint density at radius 1 is 0.600 bits per heavy atom. The second kappa shape index (κ2) is 8.33. The van der Waals surface area contributed by atoms with Crippen LogP contribution < -0.4 is 9.47 Å². The van der Waals surface area contributed by atoms with Gasteiger partial charge in [0.1, 0.15) is 49.1 Å². The predicted octanol–water partition coefficient (Wildman–Crippen LogP) is 1.04. The van der Waals surface area contributed by atoms with Gasteiger partial charge in [0, 0.05) is 0 Å². The Morgan fingerprint density at radius 3 is 1.24 bits per heavy atom. The summed E-state index contributed by atoms with van der Waals surface area (Å²) in [6.07, 6.45) is 1.37. The fraction of sp³-hybridized carbons (Fsp3) is 0.667. The highest BCUT2D eigenvalue weighted by Gasteiger charge is 2.26. The van der Waals surface area contributed by atoms with Gasteiger partial charge in [0.05, 0.1) is 39.6 Å². The first-order valence-electron chi connectivity index (χ1n) is 8.75. The Labute approximate surface area is 147 Å². The molecule has 5 rings (SSSR count). The molecule has 0 amide bonds. The average Bonchev–Trinajstić information content (AvgIpc) is 3.50. The second-order valence-electron chi connectivity index (χ2n) is 6.45. The molecule has 7 heteroatoms. The summed E-state index contributed by atoms with van der Waals surface area (Å²) in [5.41, 5.74) is 0. The topological polar surface area (TPSA) is 77.8 Å². The van der Waals surface area contributed by atoms with Crippen molar-refractivity contribution in [3.63, 3.8) is 0 Å². The van der Waals surface area contributed by atoms with Crippen molar-refractivity contribution >= 4 is 0 Å². The van der Waals surface area contributed by atoms with Crippen molar-refractivity contribution in [3.05, 3.63) is 24.3 Å². The first-order valence-corrected chi connectivity index (χ1v) is 8.75. The molecule has 4 fully saturated rings. The molecule has 7 nitrogen and oxygen atoms in total. The summed E-state index contributed by atoms with van der Waals surface area (Å²) in [5, 5.41) is 0. The minimum atomic E-state index is 0.294. The lowest BCUT2D eigenvalue weighted by Gasteiger charge is -2.06. The summed E-state index contributed by atoms with van der Waals surface area (Å²) >= 11 is 0. The summed E-state index contributed by atoms with van der Waals surface area (Å²) in [4.78, 5) is 0. The Bertz CT molecular complexity index is 472. The molecule has 0 spiro atoms. The van der Waals surface area contributed by atoms with E-state index in [4.69, 9.17) is 33.2 Å². The van der Waals surface area contributed by atoms with Crippen LogP contribution in [-0.2, 0) is 23.7 Å². The SMILES string of the molecule is C(OCC1CO1)C1CO1.c1cc(OCC2CO2)ccc1OCC1CO1. The van der Waals surface area contributed by atoms with Crippen LogP contribution in [0, 0.1) is 0 Å². The number of hydrogen-bond acceptors (Lipinski definition) is 7. The molecule has 4 heterocycles. The van der Waals surface area contributed by atoms with Crippen LogP contribution in [0.15, 0.2) is 24.3 Å². The van der Waals surface area contributed by atoms with Crippen molar-refractivity contribution in [2.24, 2.45) is 0 Å². The van der Waals surface area contributed by atoms with Gasteiger partial charge in [-0.15, -0.1) is 0 Å². The van der Waals surface area contributed by atoms with Gasteiger partial charge in [-0.25, -0.2) is 0 Å². The van der Waals surface area contributed by atoms with Crippen LogP contribution in [0.2, 0.25) is 0 Å². The molecule has 0 radical (unpaired) electrons. The van der Waals surface area contributed by atoms with Gasteiger partial charge in [0.15, 0.2) is 0 Å². The van der Waals surface area contributed by atoms with E-state index in [1.807, 2.05) is 24.3 Å². The zero-order valence-corrected chi connectivity index (χ0v) is 14.1. The lowest BCUT2D eigenvalue weighted by molar-refractivity contribution is 0.102. The zero-order chi connectivity index (χ0) is 16.9. The molecule has 4 atom stereocenters. The van der Waals surface area contributed by atoms with Crippen molar-refractivity contribution in [2.75, 3.05) is 52.9 Å². The third-order valence-electron chi connectivity index (χ3n) is 3.91. The van der Waals surface area contributed by atoms with Crippen LogP contribution in [0.1, 0.15) is 0 Å². The molecule has 0 saturated carbocycles. The Balaban J connectivity index is 0.000000147. The van der Waals surface area contributed by atoms with E-state index in [-0.39, 0.29) is 0 Å². The molecular weight excluding hydrogens is 328 g/mol. The van der Waals surface area contributed by atoms with E-state index in [2.05, 4.69) is 0 Å². The summed E-state index contributed by atoms with van der Waals surface area (Å²) in [5.74, 6) is 1.70. The smallest absolute Gasteiger partial charge is 0.119 e. The summed E-state index contributed by atoms with van der Waals surface area (Å²) in [6.45, 7) is 6.17. The van der Waals surface area contributed by atoms with Gasteiger partial charge >= 0.3 is 0 Å². The highest BCUT2D eigenvalue weighted by atomic mass is 16.6. The minimum absolute atomic E-state index is 0.294. The monoisotopic (exact) mass is 352 g/mol. The lowest BCUT2D eigenvalue weighted by atomic mass is 10.3. The van der Waals surface area contributed by atoms with E-state index in [9.17, 15) is 0 Å². The van der Waals surface area contributed by atoms with Gasteiger partial charge in [-0.1, -0.05) is 0 Å². The molecule has 138 valence electrons. The summed E-state index contributed by atoms with van der Waals surface area (Å²) < 4.78 is 36.3. The van der Waals surface area contributed by atoms with E-state index >= 15 is 0 Å². The van der Waals surface area contributed by atoms with Gasteiger partial charge in [-0.2, -0.15) is 0 Å². The molecule has 1 aromatic rings. The van der Waals surface area contributed by atoms with Gasteiger partial charge < -0.3 is 33.2 Å². The van der Waals surface area contributed by atoms with Gasteiger partial charge in [0.2, 0.25) is 0 Å². The quantitative estimate of drug-likeness (QED) is 0.582. The summed E-state index contributed by atoms with van der Waals surface area (Å²) in [6, 6.07) is 7.63. The van der Waals surface area contributed by atoms with Crippen LogP contribution in [0.3, 0.4) is 0 Å². The number of hydrogen-bond donors (Lipinski definition) is 0. The van der Waals surface area contributed by atoms with Crippen LogP contribution in [-0.4, -0.2) is 77.3 Å². The number of ether oxygens (including phenoxy) is 7. The fourth-order valence-corrected chi connectivity index (χ4v) is 2.00. The van der Waals surface area contributed by atoms with E-state index in [0.29, 0.717) is 37.6 Å². The van der Waals surface area contributed by atoms with Crippen LogP contribution in [0.25, 0.3) is 0 Å². The van der Waals surface area contributed by atoms with Crippen molar-refractivity contribution in [1.82, 2.24) is 0 Å². The maximum atomic E-state index is 5.52. The molecule has 4 saturated heterocycles. The van der Waals surface area contributed by atoms with Crippen molar-refractivity contribution in [2.45, 2.75) is 24.4 Å². The lowest BCUT2D eigenvalue weighted by Crippen LogP contribution is -2.06. The van der Waals surface area contributed by atoms with Crippen LogP contribution >= 0.6 is 0 Å². The maximum Gasteiger partial charge on any atom is 0.119 e. The Morgan fingerprint density at radius 2 is 0.920 bits per heavy atom. The third-order valence-corrected chi connectivity index (χ3v) is 3.91. The fourth-order valence-electron chi connectivity index (χ4n) is 2.00. The zero-order valence-electron chi connectivity index (χ0n) is 14.1. The highest BCUT2D eigenvalue weighted by molar-refractivity contribution is 5.31. The van der Waals surface area contributed by atoms with E-state index in [1.165, 1.54) is 0 Å². The van der Waals surface area contributed by atoms with Crippen molar-refractivity contribution < 1.29 is 33.2 Å². The Hall–Kier alpha value is -1.38. The average molecular weight is 352 g/mol. The number of benzene rings is 1. The van der Waals surface area contributed by atoms with Crippen LogP contribution in [0.4, 0.5) is 0 Å².